The molecule has 0 aliphatic carbocycles. The molecule has 162 valence electrons. The number of carbonyl (C=O) groups excluding carboxylic acids is 1. The van der Waals surface area contributed by atoms with Crippen LogP contribution >= 0.6 is 11.6 Å². The molecule has 1 aliphatic rings. The number of alkyl halides is 3. The first-order valence-electron chi connectivity index (χ1n) is 9.25. The van der Waals surface area contributed by atoms with Gasteiger partial charge in [-0.05, 0) is 25.5 Å². The number of rotatable bonds is 6. The minimum atomic E-state index is -4.25. The molecule has 0 spiro atoms. The fraction of sp³-hybridized carbons (Fsp3) is 0.421. The van der Waals surface area contributed by atoms with Crippen LogP contribution in [0.25, 0.3) is 11.3 Å². The summed E-state index contributed by atoms with van der Waals surface area (Å²) in [5.41, 5.74) is 7.80. The van der Waals surface area contributed by atoms with E-state index in [0.717, 1.165) is 0 Å². The summed E-state index contributed by atoms with van der Waals surface area (Å²) in [5.74, 6) is 0.261. The monoisotopic (exact) mass is 444 g/mol. The molecule has 0 bridgehead atoms. The number of hydrogen-bond acceptors (Lipinski definition) is 6. The van der Waals surface area contributed by atoms with Crippen molar-refractivity contribution in [2.45, 2.75) is 39.0 Å². The summed E-state index contributed by atoms with van der Waals surface area (Å²) in [6, 6.07) is 4.83. The molecule has 0 saturated heterocycles. The number of hydrogen-bond donors (Lipinski definition) is 1. The lowest BCUT2D eigenvalue weighted by Gasteiger charge is -2.16. The van der Waals surface area contributed by atoms with E-state index in [-0.39, 0.29) is 44.4 Å². The molecule has 1 amide bonds. The van der Waals surface area contributed by atoms with Crippen molar-refractivity contribution in [1.82, 2.24) is 14.9 Å². The molecule has 0 radical (unpaired) electrons. The van der Waals surface area contributed by atoms with Crippen LogP contribution in [0.2, 0.25) is 5.02 Å². The summed E-state index contributed by atoms with van der Waals surface area (Å²) in [6.45, 7) is 2.16. The second-order valence-corrected chi connectivity index (χ2v) is 7.00. The van der Waals surface area contributed by atoms with Crippen molar-refractivity contribution >= 4 is 23.6 Å². The highest BCUT2D eigenvalue weighted by Gasteiger charge is 2.31. The van der Waals surface area contributed by atoms with Crippen LogP contribution in [-0.4, -0.2) is 40.4 Å². The highest BCUT2D eigenvalue weighted by atomic mass is 35.5. The Kier molecular flexibility index (Phi) is 6.55. The van der Waals surface area contributed by atoms with Crippen LogP contribution in [0.15, 0.2) is 18.2 Å². The van der Waals surface area contributed by atoms with Crippen LogP contribution in [0, 0.1) is 0 Å². The summed E-state index contributed by atoms with van der Waals surface area (Å²) in [7, 11) is 0. The van der Waals surface area contributed by atoms with Crippen LogP contribution in [0.4, 0.5) is 23.9 Å². The summed E-state index contributed by atoms with van der Waals surface area (Å²) in [5, 5.41) is 0.290. The fourth-order valence-electron chi connectivity index (χ4n) is 3.13. The summed E-state index contributed by atoms with van der Waals surface area (Å²) in [4.78, 5) is 22.1. The van der Waals surface area contributed by atoms with Crippen molar-refractivity contribution in [2.24, 2.45) is 0 Å². The van der Waals surface area contributed by atoms with Crippen LogP contribution in [-0.2, 0) is 17.8 Å². The average molecular weight is 445 g/mol. The number of aromatic nitrogens is 2. The topological polar surface area (TPSA) is 90.6 Å². The molecule has 1 aromatic carbocycles. The first-order chi connectivity index (χ1) is 14.2. The molecule has 2 aromatic rings. The number of halogens is 4. The zero-order chi connectivity index (χ0) is 21.9. The maximum atomic E-state index is 12.4. The summed E-state index contributed by atoms with van der Waals surface area (Å²) in [6.07, 6.45) is -5.90. The molecule has 0 saturated carbocycles. The van der Waals surface area contributed by atoms with Gasteiger partial charge in [0.2, 0.25) is 5.95 Å². The zero-order valence-corrected chi connectivity index (χ0v) is 16.9. The Labute approximate surface area is 175 Å². The predicted molar refractivity (Wildman–Crippen MR) is 104 cm³/mol. The fourth-order valence-corrected chi connectivity index (χ4v) is 3.39. The van der Waals surface area contributed by atoms with Gasteiger partial charge in [0.1, 0.15) is 5.75 Å². The number of carbonyl (C=O) groups is 1. The number of ether oxygens (including phenoxy) is 2. The van der Waals surface area contributed by atoms with Crippen LogP contribution in [0.5, 0.6) is 5.75 Å². The third-order valence-electron chi connectivity index (χ3n) is 4.40. The molecule has 0 atom stereocenters. The summed E-state index contributed by atoms with van der Waals surface area (Å²) < 4.78 is 47.8. The molecule has 1 aromatic heterocycles. The van der Waals surface area contributed by atoms with Gasteiger partial charge < -0.3 is 15.2 Å². The van der Waals surface area contributed by atoms with Gasteiger partial charge in [0.05, 0.1) is 48.3 Å². The van der Waals surface area contributed by atoms with Crippen LogP contribution in [0.3, 0.4) is 0 Å². The molecule has 0 fully saturated rings. The highest BCUT2D eigenvalue weighted by Crippen LogP contribution is 2.40. The Morgan fingerprint density at radius 3 is 2.77 bits per heavy atom. The van der Waals surface area contributed by atoms with Gasteiger partial charge >= 0.3 is 12.3 Å². The average Bonchev–Trinajstić information content (AvgIpc) is 3.08. The number of nitrogens with zero attached hydrogens (tertiary/aromatic N) is 3. The second-order valence-electron chi connectivity index (χ2n) is 6.59. The lowest BCUT2D eigenvalue weighted by atomic mass is 10.0. The molecule has 0 unspecified atom stereocenters. The number of nitrogens with two attached hydrogens (primary N) is 1. The normalized spacial score (nSPS) is 13.3. The number of fused-ring (bicyclic) bond motifs is 1. The first kappa shape index (κ1) is 21.9. The van der Waals surface area contributed by atoms with Gasteiger partial charge in [-0.15, -0.1) is 0 Å². The van der Waals surface area contributed by atoms with E-state index in [1.165, 1.54) is 4.90 Å². The van der Waals surface area contributed by atoms with Crippen molar-refractivity contribution in [3.05, 3.63) is 34.5 Å². The van der Waals surface area contributed by atoms with E-state index < -0.39 is 18.7 Å². The second kappa shape index (κ2) is 8.95. The van der Waals surface area contributed by atoms with E-state index in [0.29, 0.717) is 27.5 Å². The molecule has 2 heterocycles. The van der Waals surface area contributed by atoms with Gasteiger partial charge in [0.15, 0.2) is 0 Å². The van der Waals surface area contributed by atoms with Crippen LogP contribution < -0.4 is 10.5 Å². The lowest BCUT2D eigenvalue weighted by Crippen LogP contribution is -2.26. The third-order valence-corrected chi connectivity index (χ3v) is 4.71. The molecule has 30 heavy (non-hydrogen) atoms. The van der Waals surface area contributed by atoms with Gasteiger partial charge in [-0.3, -0.25) is 4.90 Å². The molecule has 2 N–H and O–H groups in total. The molecule has 1 aliphatic heterocycles. The Hall–Kier alpha value is -2.75. The first-order valence-corrected chi connectivity index (χ1v) is 9.62. The zero-order valence-electron chi connectivity index (χ0n) is 16.1. The van der Waals surface area contributed by atoms with E-state index in [2.05, 4.69) is 9.97 Å². The van der Waals surface area contributed by atoms with E-state index in [9.17, 15) is 18.0 Å². The quantitative estimate of drug-likeness (QED) is 0.656. The number of benzene rings is 1. The van der Waals surface area contributed by atoms with E-state index >= 15 is 0 Å². The molecule has 7 nitrogen and oxygen atoms in total. The number of amides is 1. The number of anilines is 1. The molecular formula is C19H20ClF3N4O3. The van der Waals surface area contributed by atoms with Crippen molar-refractivity contribution < 1.29 is 27.4 Å². The van der Waals surface area contributed by atoms with Crippen molar-refractivity contribution in [3.63, 3.8) is 0 Å². The molecule has 11 heteroatoms. The predicted octanol–water partition coefficient (Wildman–Crippen LogP) is 4.57. The van der Waals surface area contributed by atoms with E-state index in [4.69, 9.17) is 26.8 Å². The van der Waals surface area contributed by atoms with Crippen LogP contribution in [0.1, 0.15) is 31.0 Å². The smallest absolute Gasteiger partial charge is 0.410 e. The molecular weight excluding hydrogens is 425 g/mol. The van der Waals surface area contributed by atoms with Crippen molar-refractivity contribution in [3.8, 4) is 17.0 Å². The standard InChI is InChI=1S/C19H20ClF3N4O3/c1-2-29-18(28)27-9-11-13(10-27)25-17(24)26-16(11)15-12(20)5-3-6-14(15)30-8-4-7-19(21,22)23/h3,5-6H,2,4,7-10H2,1H3,(H2,24,25,26). The Balaban J connectivity index is 1.91. The van der Waals surface area contributed by atoms with Gasteiger partial charge in [-0.25, -0.2) is 14.8 Å². The van der Waals surface area contributed by atoms with Gasteiger partial charge in [0, 0.05) is 12.0 Å². The highest BCUT2D eigenvalue weighted by molar-refractivity contribution is 6.33. The summed E-state index contributed by atoms with van der Waals surface area (Å²) >= 11 is 6.39. The van der Waals surface area contributed by atoms with Gasteiger partial charge in [-0.2, -0.15) is 13.2 Å². The molecule has 3 rings (SSSR count). The minimum Gasteiger partial charge on any atom is -0.493 e. The van der Waals surface area contributed by atoms with Crippen molar-refractivity contribution in [1.29, 1.82) is 0 Å². The largest absolute Gasteiger partial charge is 0.493 e. The maximum absolute atomic E-state index is 12.4. The Morgan fingerprint density at radius 1 is 1.30 bits per heavy atom. The van der Waals surface area contributed by atoms with E-state index in [1.54, 1.807) is 25.1 Å². The minimum absolute atomic E-state index is 0.0163. The third kappa shape index (κ3) is 5.05. The Morgan fingerprint density at radius 2 is 2.07 bits per heavy atom. The van der Waals surface area contributed by atoms with Gasteiger partial charge in [0.25, 0.3) is 0 Å². The van der Waals surface area contributed by atoms with Crippen molar-refractivity contribution in [2.75, 3.05) is 18.9 Å². The number of nitrogen functional groups attached to an aromatic ring is 1. The van der Waals surface area contributed by atoms with E-state index in [1.807, 2.05) is 0 Å². The Bertz CT molecular complexity index is 940. The van der Waals surface area contributed by atoms with Gasteiger partial charge in [-0.1, -0.05) is 17.7 Å². The maximum Gasteiger partial charge on any atom is 0.410 e. The SMILES string of the molecule is CCOC(=O)N1Cc2nc(N)nc(-c3c(Cl)cccc3OCCCC(F)(F)F)c2C1. The lowest BCUT2D eigenvalue weighted by molar-refractivity contribution is -0.136.